The highest BCUT2D eigenvalue weighted by molar-refractivity contribution is 5.94. The van der Waals surface area contributed by atoms with Gasteiger partial charge in [-0.25, -0.2) is 4.68 Å². The number of aryl methyl sites for hydroxylation is 2. The van der Waals surface area contributed by atoms with Gasteiger partial charge in [0, 0.05) is 13.1 Å². The number of aromatic nitrogens is 2. The Kier molecular flexibility index (Phi) is 5.65. The Bertz CT molecular complexity index is 956. The monoisotopic (exact) mass is 389 g/mol. The van der Waals surface area contributed by atoms with E-state index in [0.717, 1.165) is 44.5 Å². The average molecular weight is 389 g/mol. The van der Waals surface area contributed by atoms with Gasteiger partial charge in [0.05, 0.1) is 11.9 Å². The predicted molar refractivity (Wildman–Crippen MR) is 113 cm³/mol. The van der Waals surface area contributed by atoms with E-state index >= 15 is 0 Å². The van der Waals surface area contributed by atoms with Crippen molar-refractivity contribution >= 4 is 5.91 Å². The minimum atomic E-state index is -0.186. The van der Waals surface area contributed by atoms with Crippen LogP contribution in [-0.4, -0.2) is 38.8 Å². The summed E-state index contributed by atoms with van der Waals surface area (Å²) in [6, 6.07) is 18.2. The van der Waals surface area contributed by atoms with Gasteiger partial charge in [-0.05, 0) is 56.2 Å². The second-order valence-electron chi connectivity index (χ2n) is 7.90. The van der Waals surface area contributed by atoms with E-state index in [4.69, 9.17) is 0 Å². The van der Waals surface area contributed by atoms with E-state index in [1.54, 1.807) is 4.68 Å². The number of para-hydroxylation sites is 1. The molecule has 1 fully saturated rings. The number of benzene rings is 2. The Morgan fingerprint density at radius 3 is 2.45 bits per heavy atom. The Morgan fingerprint density at radius 2 is 1.76 bits per heavy atom. The second-order valence-corrected chi connectivity index (χ2v) is 7.90. The fraction of sp³-hybridized carbons (Fsp3) is 0.333. The molecule has 0 atom stereocenters. The maximum atomic E-state index is 12.9. The van der Waals surface area contributed by atoms with Crippen LogP contribution in [-0.2, 0) is 6.42 Å². The number of rotatable bonds is 5. The van der Waals surface area contributed by atoms with E-state index < -0.39 is 0 Å². The molecule has 2 aromatic carbocycles. The van der Waals surface area contributed by atoms with Gasteiger partial charge >= 0.3 is 0 Å². The van der Waals surface area contributed by atoms with Crippen molar-refractivity contribution in [3.05, 3.63) is 77.6 Å². The van der Waals surface area contributed by atoms with Crippen molar-refractivity contribution in [3.8, 4) is 11.4 Å². The number of hydrogen-bond donors (Lipinski definition) is 1. The number of amides is 1. The summed E-state index contributed by atoms with van der Waals surface area (Å²) >= 11 is 0. The zero-order valence-electron chi connectivity index (χ0n) is 16.8. The third kappa shape index (κ3) is 4.50. The second kappa shape index (κ2) is 8.52. The van der Waals surface area contributed by atoms with Crippen molar-refractivity contribution in [1.82, 2.24) is 14.7 Å². The van der Waals surface area contributed by atoms with Gasteiger partial charge in [0.25, 0.3) is 5.91 Å². The van der Waals surface area contributed by atoms with Crippen molar-refractivity contribution < 1.29 is 9.90 Å². The van der Waals surface area contributed by atoms with Crippen molar-refractivity contribution in [2.45, 2.75) is 32.6 Å². The smallest absolute Gasteiger partial charge is 0.278 e. The van der Waals surface area contributed by atoms with Crippen molar-refractivity contribution in [2.24, 2.45) is 5.92 Å². The highest BCUT2D eigenvalue weighted by Crippen LogP contribution is 2.26. The molecule has 29 heavy (non-hydrogen) atoms. The number of hydrogen-bond acceptors (Lipinski definition) is 3. The zero-order chi connectivity index (χ0) is 20.2. The largest absolute Gasteiger partial charge is 0.504 e. The first-order chi connectivity index (χ1) is 14.1. The van der Waals surface area contributed by atoms with Gasteiger partial charge < -0.3 is 10.0 Å². The van der Waals surface area contributed by atoms with Crippen LogP contribution in [0.3, 0.4) is 0 Å². The summed E-state index contributed by atoms with van der Waals surface area (Å²) < 4.78 is 1.55. The minimum Gasteiger partial charge on any atom is -0.504 e. The lowest BCUT2D eigenvalue weighted by Crippen LogP contribution is -2.38. The van der Waals surface area contributed by atoms with Gasteiger partial charge in [0.2, 0.25) is 0 Å². The summed E-state index contributed by atoms with van der Waals surface area (Å²) in [6.07, 6.45) is 5.73. The highest BCUT2D eigenvalue weighted by Gasteiger charge is 2.27. The van der Waals surface area contributed by atoms with Gasteiger partial charge in [-0.3, -0.25) is 4.79 Å². The van der Waals surface area contributed by atoms with Gasteiger partial charge in [0.1, 0.15) is 0 Å². The molecular weight excluding hydrogens is 362 g/mol. The minimum absolute atomic E-state index is 0.0691. The van der Waals surface area contributed by atoms with Crippen molar-refractivity contribution in [1.29, 1.82) is 0 Å². The molecule has 0 aliphatic carbocycles. The molecule has 1 saturated heterocycles. The molecule has 1 aliphatic rings. The van der Waals surface area contributed by atoms with Crippen LogP contribution >= 0.6 is 0 Å². The van der Waals surface area contributed by atoms with Crippen LogP contribution in [0.25, 0.3) is 5.69 Å². The van der Waals surface area contributed by atoms with Crippen LogP contribution in [0.4, 0.5) is 0 Å². The molecule has 0 saturated carbocycles. The number of likely N-dealkylation sites (tertiary alicyclic amines) is 1. The standard InChI is InChI=1S/C24H27N3O2/c1-18-7-9-19(10-8-18)11-12-20-13-15-26(16-14-20)24(29)23-22(28)17-27(25-23)21-5-3-2-4-6-21/h2-10,17,20,28H,11-16H2,1H3. The maximum absolute atomic E-state index is 12.9. The first-order valence-electron chi connectivity index (χ1n) is 10.3. The molecule has 5 heteroatoms. The Labute approximate surface area is 171 Å². The lowest BCUT2D eigenvalue weighted by molar-refractivity contribution is 0.0677. The van der Waals surface area contributed by atoms with E-state index in [0.29, 0.717) is 5.92 Å². The Hall–Kier alpha value is -3.08. The van der Waals surface area contributed by atoms with Gasteiger partial charge in [-0.15, -0.1) is 0 Å². The third-order valence-corrected chi connectivity index (χ3v) is 5.78. The quantitative estimate of drug-likeness (QED) is 0.705. The molecule has 0 spiro atoms. The Morgan fingerprint density at radius 1 is 1.07 bits per heavy atom. The number of carbonyl (C=O) groups excluding carboxylic acids is 1. The summed E-state index contributed by atoms with van der Waals surface area (Å²) in [7, 11) is 0. The topological polar surface area (TPSA) is 58.4 Å². The first-order valence-corrected chi connectivity index (χ1v) is 10.3. The molecule has 2 heterocycles. The van der Waals surface area contributed by atoms with E-state index in [-0.39, 0.29) is 17.4 Å². The van der Waals surface area contributed by atoms with Crippen LogP contribution in [0.1, 0.15) is 40.9 Å². The van der Waals surface area contributed by atoms with Crippen molar-refractivity contribution in [3.63, 3.8) is 0 Å². The third-order valence-electron chi connectivity index (χ3n) is 5.78. The Balaban J connectivity index is 1.33. The fourth-order valence-corrected chi connectivity index (χ4v) is 3.93. The first kappa shape index (κ1) is 19.2. The maximum Gasteiger partial charge on any atom is 0.278 e. The van der Waals surface area contributed by atoms with E-state index in [9.17, 15) is 9.90 Å². The number of nitrogens with zero attached hydrogens (tertiary/aromatic N) is 3. The molecule has 3 aromatic rings. The molecule has 0 unspecified atom stereocenters. The number of piperidine rings is 1. The molecule has 150 valence electrons. The molecule has 4 rings (SSSR count). The average Bonchev–Trinajstić information content (AvgIpc) is 3.15. The van der Waals surface area contributed by atoms with Crippen LogP contribution in [0.15, 0.2) is 60.8 Å². The van der Waals surface area contributed by atoms with Gasteiger partial charge in [-0.2, -0.15) is 5.10 Å². The summed E-state index contributed by atoms with van der Waals surface area (Å²) in [5.74, 6) is 0.380. The van der Waals surface area contributed by atoms with Crippen LogP contribution in [0.2, 0.25) is 0 Å². The lowest BCUT2D eigenvalue weighted by atomic mass is 9.90. The molecule has 5 nitrogen and oxygen atoms in total. The zero-order valence-corrected chi connectivity index (χ0v) is 16.8. The lowest BCUT2D eigenvalue weighted by Gasteiger charge is -2.31. The van der Waals surface area contributed by atoms with Gasteiger partial charge in [-0.1, -0.05) is 48.0 Å². The van der Waals surface area contributed by atoms with Gasteiger partial charge in [0.15, 0.2) is 11.4 Å². The molecule has 1 N–H and O–H groups in total. The predicted octanol–water partition coefficient (Wildman–Crippen LogP) is 4.37. The van der Waals surface area contributed by atoms with E-state index in [2.05, 4.69) is 36.3 Å². The van der Waals surface area contributed by atoms with E-state index in [1.807, 2.05) is 35.2 Å². The van der Waals surface area contributed by atoms with Crippen molar-refractivity contribution in [2.75, 3.05) is 13.1 Å². The SMILES string of the molecule is Cc1ccc(CCC2CCN(C(=O)c3nn(-c4ccccc4)cc3O)CC2)cc1. The number of carbonyl (C=O) groups is 1. The summed E-state index contributed by atoms with van der Waals surface area (Å²) in [5, 5.41) is 14.6. The molecule has 0 radical (unpaired) electrons. The molecular formula is C24H27N3O2. The molecule has 1 amide bonds. The summed E-state index contributed by atoms with van der Waals surface area (Å²) in [5.41, 5.74) is 3.62. The number of aromatic hydroxyl groups is 1. The van der Waals surface area contributed by atoms with E-state index in [1.165, 1.54) is 17.3 Å². The summed E-state index contributed by atoms with van der Waals surface area (Å²) in [6.45, 7) is 3.54. The highest BCUT2D eigenvalue weighted by atomic mass is 16.3. The molecule has 1 aliphatic heterocycles. The van der Waals surface area contributed by atoms with Crippen LogP contribution in [0.5, 0.6) is 5.75 Å². The van der Waals surface area contributed by atoms with Crippen LogP contribution in [0, 0.1) is 12.8 Å². The van der Waals surface area contributed by atoms with Crippen LogP contribution < -0.4 is 0 Å². The normalized spacial score (nSPS) is 14.9. The molecule has 0 bridgehead atoms. The fourth-order valence-electron chi connectivity index (χ4n) is 3.93. The summed E-state index contributed by atoms with van der Waals surface area (Å²) in [4.78, 5) is 14.7. The molecule has 1 aromatic heterocycles.